The van der Waals surface area contributed by atoms with Crippen molar-refractivity contribution in [2.75, 3.05) is 14.1 Å². The molecule has 0 aliphatic carbocycles. The van der Waals surface area contributed by atoms with Crippen LogP contribution in [0.15, 0.2) is 23.1 Å². The first kappa shape index (κ1) is 11.5. The van der Waals surface area contributed by atoms with Crippen molar-refractivity contribution in [3.05, 3.63) is 28.8 Å². The molecule has 1 rings (SSSR count). The molecule has 0 unspecified atom stereocenters. The van der Waals surface area contributed by atoms with Gasteiger partial charge in [0.2, 0.25) is 10.0 Å². The molecule has 0 heterocycles. The van der Waals surface area contributed by atoms with Crippen molar-refractivity contribution < 1.29 is 8.42 Å². The highest BCUT2D eigenvalue weighted by atomic mass is 35.5. The molecule has 0 bridgehead atoms. The maximum absolute atomic E-state index is 11.7. The quantitative estimate of drug-likeness (QED) is 0.783. The van der Waals surface area contributed by atoms with E-state index in [1.165, 1.54) is 24.5 Å². The number of nitrogens with zero attached hydrogens (tertiary/aromatic N) is 1. The minimum absolute atomic E-state index is 0.268. The Morgan fingerprint density at radius 2 is 1.86 bits per heavy atom. The van der Waals surface area contributed by atoms with Gasteiger partial charge < -0.3 is 0 Å². The standard InChI is InChI=1S/C9H12ClNO2S/c1-7-6-8(4-5-9(7)10)14(12,13)11(2)3/h4-6H,1-3H3. The van der Waals surface area contributed by atoms with Gasteiger partial charge in [-0.1, -0.05) is 11.6 Å². The summed E-state index contributed by atoms with van der Waals surface area (Å²) < 4.78 is 24.5. The van der Waals surface area contributed by atoms with Gasteiger partial charge in [0.15, 0.2) is 0 Å². The second-order valence-corrected chi connectivity index (χ2v) is 5.76. The zero-order valence-corrected chi connectivity index (χ0v) is 9.85. The van der Waals surface area contributed by atoms with Gasteiger partial charge in [-0.2, -0.15) is 0 Å². The molecule has 0 aromatic heterocycles. The fourth-order valence-corrected chi connectivity index (χ4v) is 2.09. The smallest absolute Gasteiger partial charge is 0.207 e. The molecule has 0 atom stereocenters. The lowest BCUT2D eigenvalue weighted by Crippen LogP contribution is -2.22. The van der Waals surface area contributed by atoms with Crippen LogP contribution in [0.5, 0.6) is 0 Å². The minimum Gasteiger partial charge on any atom is -0.207 e. The van der Waals surface area contributed by atoms with Gasteiger partial charge in [0.25, 0.3) is 0 Å². The minimum atomic E-state index is -3.34. The van der Waals surface area contributed by atoms with E-state index in [1.807, 2.05) is 0 Å². The van der Waals surface area contributed by atoms with Gasteiger partial charge in [-0.3, -0.25) is 0 Å². The van der Waals surface area contributed by atoms with Crippen LogP contribution in [0.3, 0.4) is 0 Å². The van der Waals surface area contributed by atoms with E-state index in [0.29, 0.717) is 5.02 Å². The summed E-state index contributed by atoms with van der Waals surface area (Å²) in [7, 11) is -0.343. The molecule has 5 heteroatoms. The Morgan fingerprint density at radius 3 is 2.29 bits per heavy atom. The Hall–Kier alpha value is -0.580. The number of aryl methyl sites for hydroxylation is 1. The van der Waals surface area contributed by atoms with E-state index in [-0.39, 0.29) is 4.90 Å². The van der Waals surface area contributed by atoms with Crippen LogP contribution in [0.2, 0.25) is 5.02 Å². The molecule has 0 aliphatic rings. The Balaban J connectivity index is 3.29. The number of hydrogen-bond acceptors (Lipinski definition) is 2. The van der Waals surface area contributed by atoms with E-state index in [0.717, 1.165) is 5.56 Å². The van der Waals surface area contributed by atoms with E-state index in [4.69, 9.17) is 11.6 Å². The summed E-state index contributed by atoms with van der Waals surface area (Å²) in [6, 6.07) is 4.66. The zero-order chi connectivity index (χ0) is 10.9. The summed E-state index contributed by atoms with van der Waals surface area (Å²) in [5.41, 5.74) is 0.759. The first-order chi connectivity index (χ1) is 6.35. The van der Waals surface area contributed by atoms with Crippen LogP contribution in [0.1, 0.15) is 5.56 Å². The molecule has 1 aromatic carbocycles. The summed E-state index contributed by atoms with van der Waals surface area (Å²) >= 11 is 5.80. The third-order valence-corrected chi connectivity index (χ3v) is 4.14. The Morgan fingerprint density at radius 1 is 1.29 bits per heavy atom. The Bertz CT molecular complexity index is 440. The van der Waals surface area contributed by atoms with Crippen LogP contribution in [-0.4, -0.2) is 26.8 Å². The predicted octanol–water partition coefficient (Wildman–Crippen LogP) is 1.90. The molecular formula is C9H12ClNO2S. The lowest BCUT2D eigenvalue weighted by molar-refractivity contribution is 0.520. The van der Waals surface area contributed by atoms with Gasteiger partial charge in [-0.25, -0.2) is 12.7 Å². The normalized spacial score (nSPS) is 12.1. The van der Waals surface area contributed by atoms with Crippen LogP contribution in [-0.2, 0) is 10.0 Å². The number of hydrogen-bond donors (Lipinski definition) is 0. The highest BCUT2D eigenvalue weighted by Gasteiger charge is 2.17. The Labute approximate surface area is 89.4 Å². The zero-order valence-electron chi connectivity index (χ0n) is 8.28. The highest BCUT2D eigenvalue weighted by Crippen LogP contribution is 2.20. The first-order valence-electron chi connectivity index (χ1n) is 4.04. The fourth-order valence-electron chi connectivity index (χ4n) is 0.988. The molecule has 0 radical (unpaired) electrons. The van der Waals surface area contributed by atoms with Crippen molar-refractivity contribution in [2.24, 2.45) is 0 Å². The molecule has 1 aromatic rings. The summed E-state index contributed by atoms with van der Waals surface area (Å²) in [4.78, 5) is 0.268. The molecule has 0 saturated carbocycles. The van der Waals surface area contributed by atoms with Crippen LogP contribution < -0.4 is 0 Å². The average Bonchev–Trinajstić information content (AvgIpc) is 2.09. The van der Waals surface area contributed by atoms with Gasteiger partial charge in [-0.05, 0) is 30.7 Å². The first-order valence-corrected chi connectivity index (χ1v) is 5.86. The van der Waals surface area contributed by atoms with Crippen LogP contribution in [0, 0.1) is 6.92 Å². The molecule has 0 spiro atoms. The molecule has 14 heavy (non-hydrogen) atoms. The van der Waals surface area contributed by atoms with Gasteiger partial charge in [0, 0.05) is 19.1 Å². The SMILES string of the molecule is Cc1cc(S(=O)(=O)N(C)C)ccc1Cl. The Kier molecular flexibility index (Phi) is 3.19. The van der Waals surface area contributed by atoms with E-state index in [2.05, 4.69) is 0 Å². The lowest BCUT2D eigenvalue weighted by atomic mass is 10.2. The molecule has 78 valence electrons. The maximum atomic E-state index is 11.7. The topological polar surface area (TPSA) is 37.4 Å². The summed E-state index contributed by atoms with van der Waals surface area (Å²) in [6.45, 7) is 1.77. The predicted molar refractivity (Wildman–Crippen MR) is 57.1 cm³/mol. The summed E-state index contributed by atoms with van der Waals surface area (Å²) in [5, 5.41) is 0.572. The van der Waals surface area contributed by atoms with Gasteiger partial charge in [-0.15, -0.1) is 0 Å². The van der Waals surface area contributed by atoms with Crippen molar-refractivity contribution in [2.45, 2.75) is 11.8 Å². The van der Waals surface area contributed by atoms with Crippen LogP contribution in [0.4, 0.5) is 0 Å². The van der Waals surface area contributed by atoms with Crippen molar-refractivity contribution in [3.63, 3.8) is 0 Å². The molecule has 0 amide bonds. The summed E-state index contributed by atoms with van der Waals surface area (Å²) in [5.74, 6) is 0. The van der Waals surface area contributed by atoms with Crippen LogP contribution in [0.25, 0.3) is 0 Å². The lowest BCUT2D eigenvalue weighted by Gasteiger charge is -2.11. The third-order valence-electron chi connectivity index (χ3n) is 1.91. The van der Waals surface area contributed by atoms with Gasteiger partial charge >= 0.3 is 0 Å². The highest BCUT2D eigenvalue weighted by molar-refractivity contribution is 7.89. The fraction of sp³-hybridized carbons (Fsp3) is 0.333. The molecular weight excluding hydrogens is 222 g/mol. The van der Waals surface area contributed by atoms with E-state index >= 15 is 0 Å². The number of sulfonamides is 1. The molecule has 0 fully saturated rings. The van der Waals surface area contributed by atoms with E-state index in [9.17, 15) is 8.42 Å². The second kappa shape index (κ2) is 3.88. The molecule has 0 aliphatic heterocycles. The van der Waals surface area contributed by atoms with Gasteiger partial charge in [0.05, 0.1) is 4.90 Å². The van der Waals surface area contributed by atoms with E-state index in [1.54, 1.807) is 19.1 Å². The van der Waals surface area contributed by atoms with E-state index < -0.39 is 10.0 Å². The second-order valence-electron chi connectivity index (χ2n) is 3.20. The number of halogens is 1. The van der Waals surface area contributed by atoms with Crippen molar-refractivity contribution in [3.8, 4) is 0 Å². The average molecular weight is 234 g/mol. The van der Waals surface area contributed by atoms with Gasteiger partial charge in [0.1, 0.15) is 0 Å². The molecule has 0 saturated heterocycles. The van der Waals surface area contributed by atoms with Crippen molar-refractivity contribution >= 4 is 21.6 Å². The molecule has 3 nitrogen and oxygen atoms in total. The maximum Gasteiger partial charge on any atom is 0.242 e. The largest absolute Gasteiger partial charge is 0.242 e. The monoisotopic (exact) mass is 233 g/mol. The van der Waals surface area contributed by atoms with Crippen molar-refractivity contribution in [1.82, 2.24) is 4.31 Å². The molecule has 0 N–H and O–H groups in total. The number of rotatable bonds is 2. The van der Waals surface area contributed by atoms with Crippen molar-refractivity contribution in [1.29, 1.82) is 0 Å². The number of benzene rings is 1. The van der Waals surface area contributed by atoms with Crippen LogP contribution >= 0.6 is 11.6 Å². The summed E-state index contributed by atoms with van der Waals surface area (Å²) in [6.07, 6.45) is 0. The third kappa shape index (κ3) is 2.08.